The van der Waals surface area contributed by atoms with Gasteiger partial charge in [0.1, 0.15) is 0 Å². The summed E-state index contributed by atoms with van der Waals surface area (Å²) >= 11 is 3.55. The zero-order valence-electron chi connectivity index (χ0n) is 12.3. The Morgan fingerprint density at radius 3 is 2.44 bits per heavy atom. The fraction of sp³-hybridized carbons (Fsp3) is 0.600. The first-order valence-corrected chi connectivity index (χ1v) is 7.22. The first-order valence-electron chi connectivity index (χ1n) is 6.43. The van der Waals surface area contributed by atoms with Gasteiger partial charge in [-0.1, -0.05) is 36.7 Å². The Kier molecular flexibility index (Phi) is 5.23. The van der Waals surface area contributed by atoms with Crippen molar-refractivity contribution < 1.29 is 0 Å². The van der Waals surface area contributed by atoms with Crippen LogP contribution in [0.2, 0.25) is 0 Å². The number of nitrogens with one attached hydrogen (secondary N) is 1. The number of hydrogen-bond acceptors (Lipinski definition) is 2. The first kappa shape index (κ1) is 15.5. The van der Waals surface area contributed by atoms with Crippen LogP contribution >= 0.6 is 15.9 Å². The normalized spacial score (nSPS) is 13.5. The average Bonchev–Trinajstić information content (AvgIpc) is 2.26. The van der Waals surface area contributed by atoms with Crippen molar-refractivity contribution in [3.8, 4) is 0 Å². The van der Waals surface area contributed by atoms with E-state index >= 15 is 0 Å². The third-order valence-electron chi connectivity index (χ3n) is 3.62. The Morgan fingerprint density at radius 1 is 1.33 bits per heavy atom. The zero-order chi connectivity index (χ0) is 13.9. The maximum Gasteiger partial charge on any atom is 0.0412 e. The number of anilines is 1. The summed E-state index contributed by atoms with van der Waals surface area (Å²) < 4.78 is 1.13. The van der Waals surface area contributed by atoms with E-state index in [2.05, 4.69) is 79.1 Å². The molecule has 1 atom stereocenters. The second-order valence-corrected chi connectivity index (χ2v) is 6.87. The lowest BCUT2D eigenvalue weighted by Gasteiger charge is -2.38. The van der Waals surface area contributed by atoms with Crippen LogP contribution in [0.3, 0.4) is 0 Å². The molecule has 0 aromatic heterocycles. The summed E-state index contributed by atoms with van der Waals surface area (Å²) in [7, 11) is 4.16. The first-order chi connectivity index (χ1) is 8.27. The van der Waals surface area contributed by atoms with Crippen molar-refractivity contribution in [2.45, 2.75) is 40.3 Å². The molecule has 0 saturated carbocycles. The van der Waals surface area contributed by atoms with E-state index in [-0.39, 0.29) is 5.41 Å². The largest absolute Gasteiger partial charge is 0.371 e. The van der Waals surface area contributed by atoms with Crippen molar-refractivity contribution >= 4 is 21.6 Å². The standard InChI is InChI=1S/C15H25BrN2/c1-11(15(2,3)4)18(6)14-8-7-13(16)9-12(14)10-17-5/h7-9,11,17H,10H2,1-6H3. The highest BCUT2D eigenvalue weighted by atomic mass is 79.9. The van der Waals surface area contributed by atoms with Crippen molar-refractivity contribution in [3.63, 3.8) is 0 Å². The number of benzene rings is 1. The van der Waals surface area contributed by atoms with Crippen molar-refractivity contribution in [2.24, 2.45) is 5.41 Å². The van der Waals surface area contributed by atoms with Crippen molar-refractivity contribution in [2.75, 3.05) is 19.0 Å². The van der Waals surface area contributed by atoms with Crippen LogP contribution < -0.4 is 10.2 Å². The SMILES string of the molecule is CNCc1cc(Br)ccc1N(C)C(C)C(C)(C)C. The molecule has 0 heterocycles. The fourth-order valence-corrected chi connectivity index (χ4v) is 2.43. The fourth-order valence-electron chi connectivity index (χ4n) is 2.02. The predicted molar refractivity (Wildman–Crippen MR) is 84.2 cm³/mol. The van der Waals surface area contributed by atoms with E-state index in [1.807, 2.05) is 7.05 Å². The lowest BCUT2D eigenvalue weighted by Crippen LogP contribution is -2.40. The van der Waals surface area contributed by atoms with Crippen LogP contribution in [0.15, 0.2) is 22.7 Å². The molecule has 18 heavy (non-hydrogen) atoms. The van der Waals surface area contributed by atoms with E-state index in [1.54, 1.807) is 0 Å². The van der Waals surface area contributed by atoms with Crippen LogP contribution in [0.1, 0.15) is 33.3 Å². The molecule has 0 aliphatic heterocycles. The second kappa shape index (κ2) is 6.07. The minimum absolute atomic E-state index is 0.263. The molecule has 0 aliphatic rings. The smallest absolute Gasteiger partial charge is 0.0412 e. The molecule has 3 heteroatoms. The molecule has 0 saturated heterocycles. The van der Waals surface area contributed by atoms with Gasteiger partial charge in [-0.3, -0.25) is 0 Å². The topological polar surface area (TPSA) is 15.3 Å². The Labute approximate surface area is 120 Å². The third-order valence-corrected chi connectivity index (χ3v) is 4.12. The minimum atomic E-state index is 0.263. The molecular weight excluding hydrogens is 288 g/mol. The lowest BCUT2D eigenvalue weighted by molar-refractivity contribution is 0.329. The molecule has 1 N–H and O–H groups in total. The summed E-state index contributed by atoms with van der Waals surface area (Å²) in [5.41, 5.74) is 2.89. The van der Waals surface area contributed by atoms with Gasteiger partial charge in [0.05, 0.1) is 0 Å². The van der Waals surface area contributed by atoms with Gasteiger partial charge in [-0.05, 0) is 43.1 Å². The van der Waals surface area contributed by atoms with Gasteiger partial charge in [-0.2, -0.15) is 0 Å². The average molecular weight is 313 g/mol. The van der Waals surface area contributed by atoms with Gasteiger partial charge in [0.25, 0.3) is 0 Å². The van der Waals surface area contributed by atoms with Gasteiger partial charge in [0.2, 0.25) is 0 Å². The molecule has 1 aromatic rings. The Hall–Kier alpha value is -0.540. The van der Waals surface area contributed by atoms with Crippen LogP contribution in [-0.4, -0.2) is 20.1 Å². The molecule has 1 aromatic carbocycles. The number of rotatable bonds is 4. The summed E-state index contributed by atoms with van der Waals surface area (Å²) in [6.45, 7) is 10.0. The molecule has 0 spiro atoms. The van der Waals surface area contributed by atoms with Crippen molar-refractivity contribution in [1.29, 1.82) is 0 Å². The highest BCUT2D eigenvalue weighted by Gasteiger charge is 2.25. The molecule has 102 valence electrons. The Balaban J connectivity index is 3.08. The molecule has 1 unspecified atom stereocenters. The zero-order valence-corrected chi connectivity index (χ0v) is 13.9. The summed E-state index contributed by atoms with van der Waals surface area (Å²) in [5, 5.41) is 3.24. The van der Waals surface area contributed by atoms with Gasteiger partial charge >= 0.3 is 0 Å². The lowest BCUT2D eigenvalue weighted by atomic mass is 9.86. The summed E-state index contributed by atoms with van der Waals surface area (Å²) in [6, 6.07) is 6.98. The van der Waals surface area contributed by atoms with E-state index in [0.29, 0.717) is 6.04 Å². The van der Waals surface area contributed by atoms with Gasteiger partial charge < -0.3 is 10.2 Å². The minimum Gasteiger partial charge on any atom is -0.371 e. The molecule has 0 bridgehead atoms. The van der Waals surface area contributed by atoms with Crippen LogP contribution in [0, 0.1) is 5.41 Å². The summed E-state index contributed by atoms with van der Waals surface area (Å²) in [4.78, 5) is 2.37. The maximum atomic E-state index is 3.55. The van der Waals surface area contributed by atoms with E-state index in [1.165, 1.54) is 11.3 Å². The summed E-state index contributed by atoms with van der Waals surface area (Å²) in [5.74, 6) is 0. The molecular formula is C15H25BrN2. The molecule has 1 rings (SSSR count). The predicted octanol–water partition coefficient (Wildman–Crippen LogP) is 4.04. The van der Waals surface area contributed by atoms with E-state index < -0.39 is 0 Å². The van der Waals surface area contributed by atoms with E-state index in [9.17, 15) is 0 Å². The molecule has 0 amide bonds. The third kappa shape index (κ3) is 3.72. The van der Waals surface area contributed by atoms with Crippen molar-refractivity contribution in [1.82, 2.24) is 5.32 Å². The van der Waals surface area contributed by atoms with Crippen LogP contribution in [0.4, 0.5) is 5.69 Å². The molecule has 0 fully saturated rings. The molecule has 0 radical (unpaired) electrons. The van der Waals surface area contributed by atoms with Crippen LogP contribution in [0.5, 0.6) is 0 Å². The van der Waals surface area contributed by atoms with Gasteiger partial charge in [-0.25, -0.2) is 0 Å². The Bertz CT molecular complexity index is 396. The number of hydrogen-bond donors (Lipinski definition) is 1. The molecule has 2 nitrogen and oxygen atoms in total. The van der Waals surface area contributed by atoms with Crippen molar-refractivity contribution in [3.05, 3.63) is 28.2 Å². The highest BCUT2D eigenvalue weighted by Crippen LogP contribution is 2.30. The van der Waals surface area contributed by atoms with E-state index in [0.717, 1.165) is 11.0 Å². The number of halogens is 1. The monoisotopic (exact) mass is 312 g/mol. The number of nitrogens with zero attached hydrogens (tertiary/aromatic N) is 1. The Morgan fingerprint density at radius 2 is 1.94 bits per heavy atom. The quantitative estimate of drug-likeness (QED) is 0.902. The second-order valence-electron chi connectivity index (χ2n) is 5.96. The highest BCUT2D eigenvalue weighted by molar-refractivity contribution is 9.10. The van der Waals surface area contributed by atoms with Gasteiger partial charge in [-0.15, -0.1) is 0 Å². The van der Waals surface area contributed by atoms with Crippen LogP contribution in [-0.2, 0) is 6.54 Å². The van der Waals surface area contributed by atoms with E-state index in [4.69, 9.17) is 0 Å². The van der Waals surface area contributed by atoms with Gasteiger partial charge in [0, 0.05) is 29.8 Å². The summed E-state index contributed by atoms with van der Waals surface area (Å²) in [6.07, 6.45) is 0. The van der Waals surface area contributed by atoms with Gasteiger partial charge in [0.15, 0.2) is 0 Å². The maximum absolute atomic E-state index is 3.55. The molecule has 0 aliphatic carbocycles. The van der Waals surface area contributed by atoms with Crippen LogP contribution in [0.25, 0.3) is 0 Å².